The van der Waals surface area contributed by atoms with Crippen LogP contribution in [0.5, 0.6) is 11.5 Å². The molecule has 0 radical (unpaired) electrons. The van der Waals surface area contributed by atoms with Crippen molar-refractivity contribution in [3.05, 3.63) is 77.9 Å². The average Bonchev–Trinajstić information content (AvgIpc) is 2.60. The number of fused-ring (bicyclic) bond motifs is 2. The number of rotatable bonds is 1. The van der Waals surface area contributed by atoms with E-state index in [9.17, 15) is 19.6 Å². The lowest BCUT2D eigenvalue weighted by molar-refractivity contribution is 0.104. The Morgan fingerprint density at radius 2 is 1.21 bits per heavy atom. The summed E-state index contributed by atoms with van der Waals surface area (Å²) >= 11 is 0. The summed E-state index contributed by atoms with van der Waals surface area (Å²) in [7, 11) is -3.38. The van der Waals surface area contributed by atoms with E-state index in [0.717, 1.165) is 0 Å². The summed E-state index contributed by atoms with van der Waals surface area (Å²) in [6.07, 6.45) is 0. The number of ketones is 1. The van der Waals surface area contributed by atoms with Crippen molar-refractivity contribution in [1.82, 2.24) is 0 Å². The molecule has 0 saturated carbocycles. The highest BCUT2D eigenvalue weighted by atomic mass is 31.2. The lowest BCUT2D eigenvalue weighted by Crippen LogP contribution is -2.36. The van der Waals surface area contributed by atoms with E-state index in [4.69, 9.17) is 0 Å². The molecule has 1 heterocycles. The number of phenolic OH excluding ortho intramolecular Hbond substituents is 2. The number of carbonyl (C=O) groups is 1. The maximum absolute atomic E-state index is 14.2. The molecule has 0 bridgehead atoms. The number of benzene rings is 3. The third-order valence-corrected chi connectivity index (χ3v) is 7.37. The van der Waals surface area contributed by atoms with Gasteiger partial charge in [-0.15, -0.1) is 0 Å². The first-order valence-corrected chi connectivity index (χ1v) is 9.10. The van der Waals surface area contributed by atoms with Crippen molar-refractivity contribution in [1.29, 1.82) is 0 Å². The van der Waals surface area contributed by atoms with Gasteiger partial charge >= 0.3 is 0 Å². The molecule has 1 aliphatic heterocycles. The van der Waals surface area contributed by atoms with Crippen molar-refractivity contribution in [2.24, 2.45) is 0 Å². The van der Waals surface area contributed by atoms with Gasteiger partial charge in [0.1, 0.15) is 11.5 Å². The summed E-state index contributed by atoms with van der Waals surface area (Å²) in [4.78, 5) is 12.8. The molecule has 0 aromatic heterocycles. The van der Waals surface area contributed by atoms with Gasteiger partial charge in [0.25, 0.3) is 0 Å². The third kappa shape index (κ3) is 1.93. The summed E-state index contributed by atoms with van der Waals surface area (Å²) in [6.45, 7) is 0. The van der Waals surface area contributed by atoms with Gasteiger partial charge in [0.2, 0.25) is 0 Å². The summed E-state index contributed by atoms with van der Waals surface area (Å²) in [6, 6.07) is 17.4. The zero-order valence-electron chi connectivity index (χ0n) is 12.5. The summed E-state index contributed by atoms with van der Waals surface area (Å²) in [5.74, 6) is -0.370. The first-order valence-electron chi connectivity index (χ1n) is 7.39. The molecule has 3 aromatic rings. The lowest BCUT2D eigenvalue weighted by Gasteiger charge is -2.28. The van der Waals surface area contributed by atoms with Gasteiger partial charge < -0.3 is 14.8 Å². The second kappa shape index (κ2) is 5.08. The Labute approximate surface area is 138 Å². The van der Waals surface area contributed by atoms with Gasteiger partial charge in [-0.25, -0.2) is 0 Å². The smallest absolute Gasteiger partial charge is 0.194 e. The van der Waals surface area contributed by atoms with Crippen molar-refractivity contribution in [3.63, 3.8) is 0 Å². The highest BCUT2D eigenvalue weighted by molar-refractivity contribution is 7.85. The van der Waals surface area contributed by atoms with E-state index in [2.05, 4.69) is 0 Å². The van der Waals surface area contributed by atoms with Gasteiger partial charge in [-0.1, -0.05) is 30.3 Å². The van der Waals surface area contributed by atoms with Crippen LogP contribution in [0.25, 0.3) is 0 Å². The molecule has 0 saturated heterocycles. The van der Waals surface area contributed by atoms with E-state index >= 15 is 0 Å². The zero-order valence-corrected chi connectivity index (χ0v) is 13.4. The van der Waals surface area contributed by atoms with E-state index in [1.807, 2.05) is 6.07 Å². The Bertz CT molecular complexity index is 965. The second-order valence-electron chi connectivity index (χ2n) is 5.68. The predicted molar refractivity (Wildman–Crippen MR) is 92.6 cm³/mol. The van der Waals surface area contributed by atoms with Crippen molar-refractivity contribution in [2.45, 2.75) is 0 Å². The van der Waals surface area contributed by atoms with Crippen molar-refractivity contribution >= 4 is 28.8 Å². The Kier molecular flexibility index (Phi) is 3.12. The molecule has 1 aliphatic rings. The highest BCUT2D eigenvalue weighted by Crippen LogP contribution is 2.48. The minimum atomic E-state index is -3.38. The summed E-state index contributed by atoms with van der Waals surface area (Å²) in [5, 5.41) is 20.9. The molecule has 24 heavy (non-hydrogen) atoms. The van der Waals surface area contributed by atoms with Crippen LogP contribution in [0.15, 0.2) is 66.7 Å². The molecular formula is C19H13O4P. The zero-order chi connectivity index (χ0) is 16.9. The van der Waals surface area contributed by atoms with Crippen LogP contribution in [0.2, 0.25) is 0 Å². The molecule has 0 spiro atoms. The van der Waals surface area contributed by atoms with Gasteiger partial charge in [0.15, 0.2) is 12.9 Å². The molecule has 4 rings (SSSR count). The normalized spacial score (nSPS) is 14.8. The van der Waals surface area contributed by atoms with Gasteiger partial charge in [-0.2, -0.15) is 0 Å². The fraction of sp³-hybridized carbons (Fsp3) is 0. The van der Waals surface area contributed by atoms with Gasteiger partial charge in [0, 0.05) is 27.0 Å². The van der Waals surface area contributed by atoms with E-state index in [-0.39, 0.29) is 17.3 Å². The number of carbonyl (C=O) groups excluding carboxylic acids is 1. The Morgan fingerprint density at radius 1 is 0.708 bits per heavy atom. The number of phenols is 2. The largest absolute Gasteiger partial charge is 0.508 e. The quantitative estimate of drug-likeness (QED) is 0.523. The van der Waals surface area contributed by atoms with E-state index in [1.165, 1.54) is 36.4 Å². The molecule has 2 N–H and O–H groups in total. The molecule has 0 atom stereocenters. The van der Waals surface area contributed by atoms with Crippen LogP contribution in [0.3, 0.4) is 0 Å². The first-order chi connectivity index (χ1) is 11.5. The van der Waals surface area contributed by atoms with Gasteiger partial charge in [-0.05, 0) is 36.4 Å². The number of hydrogen-bond donors (Lipinski definition) is 2. The maximum atomic E-state index is 14.2. The van der Waals surface area contributed by atoms with E-state index < -0.39 is 7.14 Å². The summed E-state index contributed by atoms with van der Waals surface area (Å²) in [5.41, 5.74) is 0.636. The van der Waals surface area contributed by atoms with E-state index in [1.54, 1.807) is 24.3 Å². The van der Waals surface area contributed by atoms with Crippen molar-refractivity contribution < 1.29 is 19.6 Å². The first kappa shape index (κ1) is 14.7. The Morgan fingerprint density at radius 3 is 1.71 bits per heavy atom. The summed E-state index contributed by atoms with van der Waals surface area (Å²) < 4.78 is 14.2. The average molecular weight is 336 g/mol. The highest BCUT2D eigenvalue weighted by Gasteiger charge is 2.41. The predicted octanol–water partition coefficient (Wildman–Crippen LogP) is 2.28. The fourth-order valence-electron chi connectivity index (χ4n) is 3.14. The monoisotopic (exact) mass is 336 g/mol. The van der Waals surface area contributed by atoms with Crippen LogP contribution in [0.4, 0.5) is 0 Å². The molecule has 0 fully saturated rings. The lowest BCUT2D eigenvalue weighted by atomic mass is 10.0. The van der Waals surface area contributed by atoms with Gasteiger partial charge in [0.05, 0.1) is 0 Å². The minimum absolute atomic E-state index is 0.0543. The van der Waals surface area contributed by atoms with Crippen LogP contribution in [-0.2, 0) is 4.57 Å². The van der Waals surface area contributed by atoms with Crippen LogP contribution in [0, 0.1) is 0 Å². The molecule has 0 amide bonds. The molecule has 3 aromatic carbocycles. The SMILES string of the molecule is O=C1c2ccc(O)cc2P(=O)(c2ccccc2)c2cc(O)ccc21. The molecule has 0 aliphatic carbocycles. The van der Waals surface area contributed by atoms with Crippen LogP contribution in [-0.4, -0.2) is 16.0 Å². The maximum Gasteiger partial charge on any atom is 0.194 e. The van der Waals surface area contributed by atoms with Crippen molar-refractivity contribution in [3.8, 4) is 11.5 Å². The third-order valence-electron chi connectivity index (χ3n) is 4.25. The number of aromatic hydroxyl groups is 2. The molecule has 0 unspecified atom stereocenters. The fourth-order valence-corrected chi connectivity index (χ4v) is 6.20. The van der Waals surface area contributed by atoms with Crippen LogP contribution >= 0.6 is 7.14 Å². The van der Waals surface area contributed by atoms with Gasteiger partial charge in [-0.3, -0.25) is 4.79 Å². The topological polar surface area (TPSA) is 74.6 Å². The molecule has 118 valence electrons. The number of hydrogen-bond acceptors (Lipinski definition) is 4. The Hall–Kier alpha value is -2.84. The second-order valence-corrected chi connectivity index (χ2v) is 8.38. The molecule has 5 heteroatoms. The Balaban J connectivity index is 2.16. The minimum Gasteiger partial charge on any atom is -0.508 e. The molecular weight excluding hydrogens is 323 g/mol. The van der Waals surface area contributed by atoms with Crippen LogP contribution in [0.1, 0.15) is 15.9 Å². The van der Waals surface area contributed by atoms with Crippen molar-refractivity contribution in [2.75, 3.05) is 0 Å². The van der Waals surface area contributed by atoms with Crippen LogP contribution < -0.4 is 15.9 Å². The van der Waals surface area contributed by atoms with E-state index in [0.29, 0.717) is 27.0 Å². The molecule has 4 nitrogen and oxygen atoms in total. The standard InChI is InChI=1S/C19H13O4P/c20-12-6-8-15-17(10-12)24(23,14-4-2-1-3-5-14)18-11-13(21)7-9-16(18)19(15)22/h1-11,20-21H.